The molecule has 0 heterocycles. The summed E-state index contributed by atoms with van der Waals surface area (Å²) in [6.45, 7) is 1.80. The maximum Gasteiger partial charge on any atom is 0.190 e. The van der Waals surface area contributed by atoms with Crippen molar-refractivity contribution in [1.29, 1.82) is 5.26 Å². The van der Waals surface area contributed by atoms with E-state index in [0.29, 0.717) is 5.75 Å². The topological polar surface area (TPSA) is 46.8 Å². The van der Waals surface area contributed by atoms with Gasteiger partial charge in [0.2, 0.25) is 0 Å². The number of hydrogen-bond acceptors (Lipinski definition) is 2. The van der Waals surface area contributed by atoms with Crippen LogP contribution < -0.4 is 0 Å². The molecule has 0 aromatic carbocycles. The van der Waals surface area contributed by atoms with Crippen LogP contribution in [0.2, 0.25) is 0 Å². The van der Waals surface area contributed by atoms with Crippen molar-refractivity contribution in [2.45, 2.75) is 6.92 Å². The molecule has 0 saturated heterocycles. The highest BCUT2D eigenvalue weighted by Gasteiger charge is 1.96. The second-order valence-corrected chi connectivity index (χ2v) is 2.78. The Morgan fingerprint density at radius 2 is 2.43 bits per heavy atom. The molecule has 0 aliphatic rings. The summed E-state index contributed by atoms with van der Waals surface area (Å²) in [5, 5.41) is 7.92. The van der Waals surface area contributed by atoms with Gasteiger partial charge in [-0.05, 0) is 18.1 Å². The van der Waals surface area contributed by atoms with Gasteiger partial charge in [-0.15, -0.1) is 0 Å². The predicted molar refractivity (Wildman–Crippen MR) is 29.2 cm³/mol. The van der Waals surface area contributed by atoms with Crippen molar-refractivity contribution in [3.05, 3.63) is 0 Å². The van der Waals surface area contributed by atoms with E-state index in [4.69, 9.17) is 5.26 Å². The van der Waals surface area contributed by atoms with Gasteiger partial charge in [0.15, 0.2) is 5.75 Å². The van der Waals surface area contributed by atoms with Crippen LogP contribution in [0, 0.1) is 11.3 Å². The third-order valence-electron chi connectivity index (χ3n) is 0.548. The highest BCUT2D eigenvalue weighted by atomic mass is 32.2. The minimum Gasteiger partial charge on any atom is -0.616 e. The van der Waals surface area contributed by atoms with Crippen molar-refractivity contribution in [3.8, 4) is 6.07 Å². The van der Waals surface area contributed by atoms with Gasteiger partial charge in [0, 0.05) is 0 Å². The van der Waals surface area contributed by atoms with E-state index in [1.807, 2.05) is 6.07 Å². The molecule has 7 heavy (non-hydrogen) atoms. The van der Waals surface area contributed by atoms with Gasteiger partial charge >= 0.3 is 0 Å². The fourth-order valence-corrected chi connectivity index (χ4v) is 0.522. The quantitative estimate of drug-likeness (QED) is 0.488. The lowest BCUT2D eigenvalue weighted by Gasteiger charge is -1.99. The normalized spacial score (nSPS) is 12.7. The van der Waals surface area contributed by atoms with Crippen LogP contribution in [0.3, 0.4) is 0 Å². The molecule has 2 nitrogen and oxygen atoms in total. The molecule has 0 rings (SSSR count). The second kappa shape index (κ2) is 3.97. The lowest BCUT2D eigenvalue weighted by molar-refractivity contribution is 0.599. The van der Waals surface area contributed by atoms with Crippen LogP contribution in [0.15, 0.2) is 0 Å². The molecule has 0 bridgehead atoms. The van der Waals surface area contributed by atoms with Crippen LogP contribution in [-0.2, 0) is 11.2 Å². The number of nitrogens with zero attached hydrogens (tertiary/aromatic N) is 1. The van der Waals surface area contributed by atoms with Crippen molar-refractivity contribution < 1.29 is 4.55 Å². The molecule has 0 saturated carbocycles. The van der Waals surface area contributed by atoms with Crippen molar-refractivity contribution in [2.75, 3.05) is 11.5 Å². The Balaban J connectivity index is 3.03. The van der Waals surface area contributed by atoms with Crippen LogP contribution in [-0.4, -0.2) is 16.1 Å². The van der Waals surface area contributed by atoms with E-state index in [9.17, 15) is 4.55 Å². The van der Waals surface area contributed by atoms with Gasteiger partial charge < -0.3 is 4.55 Å². The SMILES string of the molecule is CC[S+]([O-])CC#N. The summed E-state index contributed by atoms with van der Waals surface area (Å²) in [6, 6.07) is 1.82. The largest absolute Gasteiger partial charge is 0.616 e. The lowest BCUT2D eigenvalue weighted by Crippen LogP contribution is -2.05. The average molecular weight is 117 g/mol. The van der Waals surface area contributed by atoms with Gasteiger partial charge in [-0.2, -0.15) is 5.26 Å². The highest BCUT2D eigenvalue weighted by molar-refractivity contribution is 7.91. The summed E-state index contributed by atoms with van der Waals surface area (Å²) in [5.41, 5.74) is 0. The molecular weight excluding hydrogens is 110 g/mol. The minimum absolute atomic E-state index is 0.177. The Hall–Kier alpha value is -0.200. The molecule has 0 aromatic heterocycles. The Morgan fingerprint density at radius 3 is 2.57 bits per heavy atom. The zero-order chi connectivity index (χ0) is 5.70. The van der Waals surface area contributed by atoms with Gasteiger partial charge in [-0.25, -0.2) is 0 Å². The molecule has 1 unspecified atom stereocenters. The molecule has 0 amide bonds. The Morgan fingerprint density at radius 1 is 1.86 bits per heavy atom. The maximum absolute atomic E-state index is 10.3. The third-order valence-corrected chi connectivity index (χ3v) is 1.64. The van der Waals surface area contributed by atoms with Gasteiger partial charge in [0.25, 0.3) is 0 Å². The summed E-state index contributed by atoms with van der Waals surface area (Å²) < 4.78 is 10.3. The predicted octanol–water partition coefficient (Wildman–Crippen LogP) is 0.279. The van der Waals surface area contributed by atoms with Gasteiger partial charge in [-0.3, -0.25) is 0 Å². The van der Waals surface area contributed by atoms with E-state index in [0.717, 1.165) is 0 Å². The first-order chi connectivity index (χ1) is 3.31. The summed E-state index contributed by atoms with van der Waals surface area (Å²) in [6.07, 6.45) is 0. The van der Waals surface area contributed by atoms with E-state index in [1.165, 1.54) is 0 Å². The van der Waals surface area contributed by atoms with E-state index >= 15 is 0 Å². The molecular formula is C4H7NOS. The van der Waals surface area contributed by atoms with Crippen LogP contribution in [0.25, 0.3) is 0 Å². The van der Waals surface area contributed by atoms with Gasteiger partial charge in [0.1, 0.15) is 11.8 Å². The highest BCUT2D eigenvalue weighted by Crippen LogP contribution is 1.84. The average Bonchev–Trinajstić information content (AvgIpc) is 1.68. The van der Waals surface area contributed by atoms with Crippen LogP contribution in [0.4, 0.5) is 0 Å². The Bertz CT molecular complexity index is 78.2. The fourth-order valence-electron chi connectivity index (χ4n) is 0.174. The molecule has 0 radical (unpaired) electrons. The van der Waals surface area contributed by atoms with Gasteiger partial charge in [-0.1, -0.05) is 0 Å². The first kappa shape index (κ1) is 6.80. The summed E-state index contributed by atoms with van der Waals surface area (Å²) >= 11 is -0.888. The first-order valence-corrected chi connectivity index (χ1v) is 3.52. The summed E-state index contributed by atoms with van der Waals surface area (Å²) in [4.78, 5) is 0. The number of nitriles is 1. The zero-order valence-electron chi connectivity index (χ0n) is 4.18. The minimum atomic E-state index is -0.888. The molecule has 0 spiro atoms. The smallest absolute Gasteiger partial charge is 0.190 e. The molecule has 3 heteroatoms. The molecule has 0 aliphatic carbocycles. The van der Waals surface area contributed by atoms with Gasteiger partial charge in [0.05, 0.1) is 0 Å². The van der Waals surface area contributed by atoms with E-state index < -0.39 is 11.2 Å². The van der Waals surface area contributed by atoms with E-state index in [2.05, 4.69) is 0 Å². The van der Waals surface area contributed by atoms with Crippen molar-refractivity contribution in [1.82, 2.24) is 0 Å². The van der Waals surface area contributed by atoms with Crippen LogP contribution >= 0.6 is 0 Å². The van der Waals surface area contributed by atoms with Crippen molar-refractivity contribution >= 4 is 11.2 Å². The Kier molecular flexibility index (Phi) is 3.86. The molecule has 0 aromatic rings. The molecule has 0 fully saturated rings. The van der Waals surface area contributed by atoms with Crippen LogP contribution in [0.5, 0.6) is 0 Å². The third kappa shape index (κ3) is 3.64. The summed E-state index contributed by atoms with van der Waals surface area (Å²) in [7, 11) is 0. The molecule has 0 aliphatic heterocycles. The Labute approximate surface area is 46.3 Å². The number of rotatable bonds is 2. The molecule has 0 N–H and O–H groups in total. The maximum atomic E-state index is 10.3. The van der Waals surface area contributed by atoms with E-state index in [-0.39, 0.29) is 5.75 Å². The molecule has 1 atom stereocenters. The standard InChI is InChI=1S/C4H7NOS/c1-2-7(6)4-3-5/h2,4H2,1H3. The number of hydrogen-bond donors (Lipinski definition) is 0. The van der Waals surface area contributed by atoms with Crippen molar-refractivity contribution in [2.24, 2.45) is 0 Å². The van der Waals surface area contributed by atoms with E-state index in [1.54, 1.807) is 6.92 Å². The van der Waals surface area contributed by atoms with Crippen LogP contribution in [0.1, 0.15) is 6.92 Å². The summed E-state index contributed by atoms with van der Waals surface area (Å²) in [5.74, 6) is 0.768. The monoisotopic (exact) mass is 117 g/mol. The molecule has 40 valence electrons. The first-order valence-electron chi connectivity index (χ1n) is 2.03. The second-order valence-electron chi connectivity index (χ2n) is 1.03. The fraction of sp³-hybridized carbons (Fsp3) is 0.750. The lowest BCUT2D eigenvalue weighted by atomic mass is 10.9. The zero-order valence-corrected chi connectivity index (χ0v) is 4.99. The van der Waals surface area contributed by atoms with Crippen molar-refractivity contribution in [3.63, 3.8) is 0 Å².